The minimum atomic E-state index is -0.396. The van der Waals surface area contributed by atoms with Crippen LogP contribution in [0.1, 0.15) is 12.8 Å². The van der Waals surface area contributed by atoms with Crippen LogP contribution >= 0.6 is 11.8 Å². The molecule has 21 heavy (non-hydrogen) atoms. The zero-order valence-electron chi connectivity index (χ0n) is 13.4. The monoisotopic (exact) mass is 316 g/mol. The Kier molecular flexibility index (Phi) is 8.06. The Morgan fingerprint density at radius 2 is 1.95 bits per heavy atom. The molecule has 6 nitrogen and oxygen atoms in total. The third-order valence-electron chi connectivity index (χ3n) is 3.71. The maximum atomic E-state index is 12.3. The minimum absolute atomic E-state index is 0.0461. The van der Waals surface area contributed by atoms with Gasteiger partial charge in [0.25, 0.3) is 0 Å². The molecule has 7 heteroatoms. The number of carbonyl (C=O) groups excluding carboxylic acids is 2. The summed E-state index contributed by atoms with van der Waals surface area (Å²) in [6.07, 6.45) is 3.63. The second-order valence-corrected chi connectivity index (χ2v) is 6.62. The lowest BCUT2D eigenvalue weighted by Crippen LogP contribution is -2.46. The molecule has 0 bridgehead atoms. The van der Waals surface area contributed by atoms with Gasteiger partial charge in [0.15, 0.2) is 0 Å². The molecule has 0 aromatic heterocycles. The summed E-state index contributed by atoms with van der Waals surface area (Å²) in [7, 11) is 3.53. The van der Waals surface area contributed by atoms with Gasteiger partial charge in [-0.05, 0) is 24.9 Å². The van der Waals surface area contributed by atoms with Gasteiger partial charge in [0.2, 0.25) is 11.8 Å². The molecular formula is C14H28N4O2S. The molecule has 122 valence electrons. The first-order valence-electron chi connectivity index (χ1n) is 7.41. The summed E-state index contributed by atoms with van der Waals surface area (Å²) >= 11 is 1.71. The number of hydrogen-bond donors (Lipinski definition) is 1. The van der Waals surface area contributed by atoms with Crippen LogP contribution in [-0.2, 0) is 9.59 Å². The molecule has 1 rings (SSSR count). The standard InChI is InChI=1S/C14H28N4O2S/c1-16(2)13(19)11-17-6-4-7-18(9-8-17)14(20)12(15)5-10-21-3/h12H,4-11,15H2,1-3H3/t12-/m0/s1. The first kappa shape index (κ1) is 18.3. The van der Waals surface area contributed by atoms with Crippen molar-refractivity contribution in [2.24, 2.45) is 5.73 Å². The van der Waals surface area contributed by atoms with E-state index in [9.17, 15) is 9.59 Å². The van der Waals surface area contributed by atoms with Crippen molar-refractivity contribution in [3.05, 3.63) is 0 Å². The topological polar surface area (TPSA) is 69.9 Å². The first-order chi connectivity index (χ1) is 9.95. The average molecular weight is 316 g/mol. The third kappa shape index (κ3) is 6.23. The number of nitrogens with zero attached hydrogens (tertiary/aromatic N) is 3. The molecule has 0 aliphatic carbocycles. The molecule has 1 fully saturated rings. The van der Waals surface area contributed by atoms with Gasteiger partial charge < -0.3 is 15.5 Å². The van der Waals surface area contributed by atoms with Crippen molar-refractivity contribution in [3.8, 4) is 0 Å². The van der Waals surface area contributed by atoms with Crippen LogP contribution in [0.25, 0.3) is 0 Å². The molecule has 2 amide bonds. The Morgan fingerprint density at radius 1 is 1.24 bits per heavy atom. The van der Waals surface area contributed by atoms with Crippen molar-refractivity contribution in [1.82, 2.24) is 14.7 Å². The van der Waals surface area contributed by atoms with Gasteiger partial charge in [0.1, 0.15) is 0 Å². The van der Waals surface area contributed by atoms with E-state index in [0.717, 1.165) is 38.2 Å². The lowest BCUT2D eigenvalue weighted by molar-refractivity contribution is -0.132. The zero-order valence-corrected chi connectivity index (χ0v) is 14.2. The molecule has 1 heterocycles. The Hall–Kier alpha value is -0.790. The van der Waals surface area contributed by atoms with Crippen LogP contribution in [0, 0.1) is 0 Å². The number of amides is 2. The molecule has 0 radical (unpaired) electrons. The molecule has 1 atom stereocenters. The fourth-order valence-corrected chi connectivity index (χ4v) is 2.77. The van der Waals surface area contributed by atoms with E-state index in [0.29, 0.717) is 13.1 Å². The Balaban J connectivity index is 2.44. The summed E-state index contributed by atoms with van der Waals surface area (Å²) in [4.78, 5) is 29.6. The molecule has 1 saturated heterocycles. The zero-order chi connectivity index (χ0) is 15.8. The summed E-state index contributed by atoms with van der Waals surface area (Å²) in [5.41, 5.74) is 5.96. The lowest BCUT2D eigenvalue weighted by Gasteiger charge is -2.24. The van der Waals surface area contributed by atoms with Crippen LogP contribution < -0.4 is 5.73 Å². The van der Waals surface area contributed by atoms with Crippen molar-refractivity contribution in [2.75, 3.05) is 58.8 Å². The first-order valence-corrected chi connectivity index (χ1v) is 8.81. The Labute approximate surface area is 132 Å². The van der Waals surface area contributed by atoms with Gasteiger partial charge >= 0.3 is 0 Å². The number of carbonyl (C=O) groups is 2. The summed E-state index contributed by atoms with van der Waals surface area (Å²) < 4.78 is 0. The molecule has 1 aliphatic heterocycles. The molecule has 2 N–H and O–H groups in total. The van der Waals surface area contributed by atoms with Gasteiger partial charge in [-0.15, -0.1) is 0 Å². The van der Waals surface area contributed by atoms with Crippen molar-refractivity contribution in [2.45, 2.75) is 18.9 Å². The van der Waals surface area contributed by atoms with Gasteiger partial charge in [0, 0.05) is 40.3 Å². The largest absolute Gasteiger partial charge is 0.348 e. The number of thioether (sulfide) groups is 1. The predicted molar refractivity (Wildman–Crippen MR) is 87.3 cm³/mol. The molecule has 0 unspecified atom stereocenters. The van der Waals surface area contributed by atoms with Crippen LogP contribution in [0.15, 0.2) is 0 Å². The average Bonchev–Trinajstić information content (AvgIpc) is 2.69. The second kappa shape index (κ2) is 9.27. The summed E-state index contributed by atoms with van der Waals surface area (Å²) in [5, 5.41) is 0. The highest BCUT2D eigenvalue weighted by Crippen LogP contribution is 2.07. The molecule has 1 aliphatic rings. The molecular weight excluding hydrogens is 288 g/mol. The van der Waals surface area contributed by atoms with E-state index in [1.54, 1.807) is 30.8 Å². The lowest BCUT2D eigenvalue weighted by atomic mass is 10.2. The van der Waals surface area contributed by atoms with Gasteiger partial charge in [-0.1, -0.05) is 0 Å². The molecule has 0 spiro atoms. The fourth-order valence-electron chi connectivity index (χ4n) is 2.28. The van der Waals surface area contributed by atoms with E-state index in [1.165, 1.54) is 0 Å². The summed E-state index contributed by atoms with van der Waals surface area (Å²) in [6, 6.07) is -0.396. The van der Waals surface area contributed by atoms with Crippen molar-refractivity contribution >= 4 is 23.6 Å². The molecule has 0 saturated carbocycles. The fraction of sp³-hybridized carbons (Fsp3) is 0.857. The van der Waals surface area contributed by atoms with E-state index in [2.05, 4.69) is 4.90 Å². The number of nitrogens with two attached hydrogens (primary N) is 1. The minimum Gasteiger partial charge on any atom is -0.348 e. The predicted octanol–water partition coefficient (Wildman–Crippen LogP) is -0.311. The highest BCUT2D eigenvalue weighted by Gasteiger charge is 2.24. The van der Waals surface area contributed by atoms with Crippen molar-refractivity contribution < 1.29 is 9.59 Å². The Morgan fingerprint density at radius 3 is 2.57 bits per heavy atom. The van der Waals surface area contributed by atoms with E-state index in [-0.39, 0.29) is 11.8 Å². The molecule has 0 aromatic rings. The summed E-state index contributed by atoms with van der Waals surface area (Å²) in [6.45, 7) is 3.41. The maximum Gasteiger partial charge on any atom is 0.239 e. The van der Waals surface area contributed by atoms with Gasteiger partial charge in [-0.25, -0.2) is 0 Å². The highest BCUT2D eigenvalue weighted by atomic mass is 32.2. The number of rotatable bonds is 6. The van der Waals surface area contributed by atoms with Crippen LogP contribution in [0.4, 0.5) is 0 Å². The SMILES string of the molecule is CSCC[C@H](N)C(=O)N1CCCN(CC(=O)N(C)C)CC1. The van der Waals surface area contributed by atoms with Gasteiger partial charge in [0.05, 0.1) is 12.6 Å². The quantitative estimate of drug-likeness (QED) is 0.728. The van der Waals surface area contributed by atoms with E-state index in [1.807, 2.05) is 11.2 Å². The van der Waals surface area contributed by atoms with Crippen LogP contribution in [0.3, 0.4) is 0 Å². The van der Waals surface area contributed by atoms with Crippen LogP contribution in [0.2, 0.25) is 0 Å². The third-order valence-corrected chi connectivity index (χ3v) is 4.35. The van der Waals surface area contributed by atoms with E-state index in [4.69, 9.17) is 5.73 Å². The van der Waals surface area contributed by atoms with Crippen molar-refractivity contribution in [1.29, 1.82) is 0 Å². The van der Waals surface area contributed by atoms with Gasteiger partial charge in [-0.3, -0.25) is 14.5 Å². The van der Waals surface area contributed by atoms with Crippen LogP contribution in [-0.4, -0.2) is 91.4 Å². The van der Waals surface area contributed by atoms with E-state index < -0.39 is 6.04 Å². The van der Waals surface area contributed by atoms with E-state index >= 15 is 0 Å². The molecule has 0 aromatic carbocycles. The van der Waals surface area contributed by atoms with Crippen molar-refractivity contribution in [3.63, 3.8) is 0 Å². The number of hydrogen-bond acceptors (Lipinski definition) is 5. The Bertz CT molecular complexity index is 352. The maximum absolute atomic E-state index is 12.3. The second-order valence-electron chi connectivity index (χ2n) is 5.63. The normalized spacial score (nSPS) is 18.2. The van der Waals surface area contributed by atoms with Gasteiger partial charge in [-0.2, -0.15) is 11.8 Å². The summed E-state index contributed by atoms with van der Waals surface area (Å²) in [5.74, 6) is 1.06. The highest BCUT2D eigenvalue weighted by molar-refractivity contribution is 7.98. The smallest absolute Gasteiger partial charge is 0.239 e. The van der Waals surface area contributed by atoms with Crippen LogP contribution in [0.5, 0.6) is 0 Å². The number of likely N-dealkylation sites (N-methyl/N-ethyl adjacent to an activating group) is 1.